The van der Waals surface area contributed by atoms with Crippen LogP contribution < -0.4 is 5.32 Å². The fraction of sp³-hybridized carbons (Fsp3) is 0.450. The van der Waals surface area contributed by atoms with Crippen molar-refractivity contribution in [2.24, 2.45) is 0 Å². The minimum Gasteiger partial charge on any atom is -0.343 e. The highest BCUT2D eigenvalue weighted by Gasteiger charge is 2.53. The van der Waals surface area contributed by atoms with Crippen molar-refractivity contribution in [3.63, 3.8) is 0 Å². The van der Waals surface area contributed by atoms with E-state index in [-0.39, 0.29) is 11.7 Å². The van der Waals surface area contributed by atoms with Gasteiger partial charge >= 0.3 is 0 Å². The summed E-state index contributed by atoms with van der Waals surface area (Å²) in [7, 11) is 0. The van der Waals surface area contributed by atoms with Gasteiger partial charge in [-0.05, 0) is 55.5 Å². The van der Waals surface area contributed by atoms with Gasteiger partial charge in [0, 0.05) is 6.20 Å². The Balaban J connectivity index is 1.74. The molecule has 6 heteroatoms. The van der Waals surface area contributed by atoms with Crippen LogP contribution in [0.5, 0.6) is 0 Å². The van der Waals surface area contributed by atoms with Crippen LogP contribution in [-0.4, -0.2) is 27.0 Å². The largest absolute Gasteiger partial charge is 0.343 e. The minimum absolute atomic E-state index is 0.0447. The maximum Gasteiger partial charge on any atom is 0.235 e. The molecular weight excluding hydrogens is 350 g/mol. The number of benzene rings is 1. The molecule has 2 heterocycles. The van der Waals surface area contributed by atoms with Gasteiger partial charge in [-0.2, -0.15) is 5.10 Å². The Hall–Kier alpha value is -2.14. The molecule has 1 saturated carbocycles. The maximum absolute atomic E-state index is 13.2. The smallest absolute Gasteiger partial charge is 0.235 e. The second-order valence-electron chi connectivity index (χ2n) is 7.53. The third-order valence-corrected chi connectivity index (χ3v) is 5.94. The van der Waals surface area contributed by atoms with Crippen LogP contribution in [0, 0.1) is 13.8 Å². The van der Waals surface area contributed by atoms with Crippen LogP contribution in [0.2, 0.25) is 5.02 Å². The first-order valence-electron chi connectivity index (χ1n) is 9.09. The third kappa shape index (κ3) is 2.65. The fourth-order valence-electron chi connectivity index (χ4n) is 4.54. The summed E-state index contributed by atoms with van der Waals surface area (Å²) in [5.74, 6) is -0.815. The average Bonchev–Trinajstić information content (AvgIpc) is 3.12. The summed E-state index contributed by atoms with van der Waals surface area (Å²) in [6.45, 7) is 3.90. The Labute approximate surface area is 157 Å². The molecule has 1 unspecified atom stereocenters. The SMILES string of the molecule is Cc1cc(-n2cc(Cl)cn2)cc(C)c1C1C(=O)NC2(CCCCC2)C1=O. The van der Waals surface area contributed by atoms with E-state index in [2.05, 4.69) is 10.4 Å². The van der Waals surface area contributed by atoms with Gasteiger partial charge in [-0.25, -0.2) is 4.68 Å². The Morgan fingerprint density at radius 2 is 1.81 bits per heavy atom. The molecule has 1 saturated heterocycles. The van der Waals surface area contributed by atoms with Crippen molar-refractivity contribution in [3.8, 4) is 5.69 Å². The molecule has 0 radical (unpaired) electrons. The quantitative estimate of drug-likeness (QED) is 0.820. The molecule has 2 aliphatic rings. The lowest BCUT2D eigenvalue weighted by Gasteiger charge is -2.31. The molecule has 1 spiro atoms. The summed E-state index contributed by atoms with van der Waals surface area (Å²) in [5, 5.41) is 7.84. The molecule has 26 heavy (non-hydrogen) atoms. The van der Waals surface area contributed by atoms with Crippen molar-refractivity contribution in [1.82, 2.24) is 15.1 Å². The molecule has 1 aliphatic heterocycles. The van der Waals surface area contributed by atoms with E-state index in [4.69, 9.17) is 11.6 Å². The van der Waals surface area contributed by atoms with E-state index in [1.54, 1.807) is 17.1 Å². The highest BCUT2D eigenvalue weighted by Crippen LogP contribution is 2.41. The Morgan fingerprint density at radius 1 is 1.15 bits per heavy atom. The van der Waals surface area contributed by atoms with Gasteiger partial charge in [0.05, 0.1) is 22.4 Å². The molecule has 136 valence electrons. The summed E-state index contributed by atoms with van der Waals surface area (Å²) in [4.78, 5) is 26.0. The molecule has 1 N–H and O–H groups in total. The second-order valence-corrected chi connectivity index (χ2v) is 7.96. The van der Waals surface area contributed by atoms with E-state index in [0.717, 1.165) is 54.5 Å². The van der Waals surface area contributed by atoms with Gasteiger partial charge in [-0.3, -0.25) is 9.59 Å². The molecule has 1 aliphatic carbocycles. The molecule has 1 atom stereocenters. The summed E-state index contributed by atoms with van der Waals surface area (Å²) < 4.78 is 1.70. The number of aromatic nitrogens is 2. The standard InChI is InChI=1S/C20H22ClN3O2/c1-12-8-15(24-11-14(21)10-22-24)9-13(2)16(12)17-18(25)20(23-19(17)26)6-4-3-5-7-20/h8-11,17H,3-7H2,1-2H3,(H,23,26). The topological polar surface area (TPSA) is 64.0 Å². The predicted octanol–water partition coefficient (Wildman–Crippen LogP) is 3.63. The molecule has 1 aromatic heterocycles. The van der Waals surface area contributed by atoms with Crippen LogP contribution in [0.25, 0.3) is 5.69 Å². The Morgan fingerprint density at radius 3 is 2.38 bits per heavy atom. The minimum atomic E-state index is -0.705. The molecule has 1 aromatic carbocycles. The molecule has 1 amide bonds. The molecule has 5 nitrogen and oxygen atoms in total. The van der Waals surface area contributed by atoms with Gasteiger partial charge in [0.25, 0.3) is 0 Å². The molecule has 0 bridgehead atoms. The zero-order valence-corrected chi connectivity index (χ0v) is 15.8. The van der Waals surface area contributed by atoms with Crippen LogP contribution in [0.15, 0.2) is 24.5 Å². The van der Waals surface area contributed by atoms with Crippen molar-refractivity contribution in [1.29, 1.82) is 0 Å². The summed E-state index contributed by atoms with van der Waals surface area (Å²) in [5.41, 5.74) is 2.90. The number of carbonyl (C=O) groups excluding carboxylic acids is 2. The van der Waals surface area contributed by atoms with Gasteiger partial charge < -0.3 is 5.32 Å². The molecular formula is C20H22ClN3O2. The number of nitrogens with one attached hydrogen (secondary N) is 1. The van der Waals surface area contributed by atoms with E-state index in [1.807, 2.05) is 26.0 Å². The van der Waals surface area contributed by atoms with Crippen molar-refractivity contribution >= 4 is 23.3 Å². The number of aryl methyl sites for hydroxylation is 2. The number of carbonyl (C=O) groups is 2. The number of Topliss-reactive ketones (excluding diaryl/α,β-unsaturated/α-hetero) is 1. The Kier molecular flexibility index (Phi) is 4.14. The lowest BCUT2D eigenvalue weighted by Crippen LogP contribution is -2.47. The lowest BCUT2D eigenvalue weighted by atomic mass is 9.76. The Bertz CT molecular complexity index is 873. The van der Waals surface area contributed by atoms with Crippen molar-refractivity contribution in [2.75, 3.05) is 0 Å². The summed E-state index contributed by atoms with van der Waals surface area (Å²) >= 11 is 5.96. The van der Waals surface area contributed by atoms with Gasteiger partial charge in [-0.15, -0.1) is 0 Å². The van der Waals surface area contributed by atoms with Gasteiger partial charge in [0.1, 0.15) is 5.92 Å². The first kappa shape index (κ1) is 17.3. The molecule has 4 rings (SSSR count). The van der Waals surface area contributed by atoms with Crippen LogP contribution in [0.4, 0.5) is 0 Å². The number of hydrogen-bond acceptors (Lipinski definition) is 3. The maximum atomic E-state index is 13.2. The zero-order chi connectivity index (χ0) is 18.5. The third-order valence-electron chi connectivity index (χ3n) is 5.75. The summed E-state index contributed by atoms with van der Waals surface area (Å²) in [6, 6.07) is 3.91. The van der Waals surface area contributed by atoms with Crippen molar-refractivity contribution in [3.05, 3.63) is 46.2 Å². The average molecular weight is 372 g/mol. The van der Waals surface area contributed by atoms with E-state index in [9.17, 15) is 9.59 Å². The molecule has 2 fully saturated rings. The van der Waals surface area contributed by atoms with Crippen molar-refractivity contribution < 1.29 is 9.59 Å². The second kappa shape index (κ2) is 6.23. The fourth-order valence-corrected chi connectivity index (χ4v) is 4.67. The van der Waals surface area contributed by atoms with Gasteiger partial charge in [0.2, 0.25) is 5.91 Å². The highest BCUT2D eigenvalue weighted by atomic mass is 35.5. The number of rotatable bonds is 2. The van der Waals surface area contributed by atoms with E-state index < -0.39 is 11.5 Å². The van der Waals surface area contributed by atoms with Crippen molar-refractivity contribution in [2.45, 2.75) is 57.4 Å². The predicted molar refractivity (Wildman–Crippen MR) is 99.8 cm³/mol. The van der Waals surface area contributed by atoms with Gasteiger partial charge in [0.15, 0.2) is 5.78 Å². The van der Waals surface area contributed by atoms with Crippen LogP contribution in [0.1, 0.15) is 54.7 Å². The van der Waals surface area contributed by atoms with Crippen LogP contribution in [0.3, 0.4) is 0 Å². The zero-order valence-electron chi connectivity index (χ0n) is 15.0. The van der Waals surface area contributed by atoms with E-state index in [1.165, 1.54) is 0 Å². The van der Waals surface area contributed by atoms with E-state index >= 15 is 0 Å². The first-order valence-corrected chi connectivity index (χ1v) is 9.47. The van der Waals surface area contributed by atoms with E-state index in [0.29, 0.717) is 5.02 Å². The number of amides is 1. The monoisotopic (exact) mass is 371 g/mol. The summed E-state index contributed by atoms with van der Waals surface area (Å²) in [6.07, 6.45) is 7.97. The normalized spacial score (nSPS) is 22.0. The number of halogens is 1. The van der Waals surface area contributed by atoms with Crippen LogP contribution >= 0.6 is 11.6 Å². The molecule has 2 aromatic rings. The van der Waals surface area contributed by atoms with Gasteiger partial charge in [-0.1, -0.05) is 30.9 Å². The lowest BCUT2D eigenvalue weighted by molar-refractivity contribution is -0.125. The number of nitrogens with zero attached hydrogens (tertiary/aromatic N) is 2. The van der Waals surface area contributed by atoms with Crippen LogP contribution in [-0.2, 0) is 9.59 Å². The highest BCUT2D eigenvalue weighted by molar-refractivity contribution is 6.30. The first-order chi connectivity index (χ1) is 12.4. The number of ketones is 1. The number of hydrogen-bond donors (Lipinski definition) is 1.